The Bertz CT molecular complexity index is 1160. The van der Waals surface area contributed by atoms with E-state index in [1.54, 1.807) is 12.1 Å². The Morgan fingerprint density at radius 2 is 1.93 bits per heavy atom. The number of benzene rings is 1. The molecule has 0 aliphatic heterocycles. The van der Waals surface area contributed by atoms with E-state index >= 15 is 0 Å². The van der Waals surface area contributed by atoms with Gasteiger partial charge >= 0.3 is 6.18 Å². The topological polar surface area (TPSA) is 89.6 Å². The van der Waals surface area contributed by atoms with E-state index in [4.69, 9.17) is 5.73 Å². The number of nitrogens with one attached hydrogen (secondary N) is 1. The molecule has 4 rings (SSSR count). The number of carbonyl (C=O) groups is 1. The van der Waals surface area contributed by atoms with E-state index in [2.05, 4.69) is 15.1 Å². The summed E-state index contributed by atoms with van der Waals surface area (Å²) < 4.78 is 41.1. The van der Waals surface area contributed by atoms with Crippen LogP contribution in [0.2, 0.25) is 0 Å². The fourth-order valence-corrected chi connectivity index (χ4v) is 2.93. The molecule has 0 fully saturated rings. The maximum atomic E-state index is 13.3. The first-order valence-electron chi connectivity index (χ1n) is 7.84. The standard InChI is InChI=1S/C18H12F3N5O/c19-18(20,21)13-4-2-1-3-12(13)14-8-10-7-11(9-23-17(10)25-14)26-15(16(22)27)5-6-24-26/h1-9H,(H2,22,27)(H,23,25). The second-order valence-electron chi connectivity index (χ2n) is 5.85. The van der Waals surface area contributed by atoms with E-state index in [1.807, 2.05) is 0 Å². The highest BCUT2D eigenvalue weighted by molar-refractivity contribution is 5.92. The van der Waals surface area contributed by atoms with Crippen molar-refractivity contribution in [3.63, 3.8) is 0 Å². The fraction of sp³-hybridized carbons (Fsp3) is 0.0556. The lowest BCUT2D eigenvalue weighted by atomic mass is 10.0. The normalized spacial score (nSPS) is 11.8. The molecule has 0 spiro atoms. The molecule has 6 nitrogen and oxygen atoms in total. The van der Waals surface area contributed by atoms with Crippen LogP contribution in [0.4, 0.5) is 13.2 Å². The monoisotopic (exact) mass is 371 g/mol. The van der Waals surface area contributed by atoms with Crippen molar-refractivity contribution < 1.29 is 18.0 Å². The minimum absolute atomic E-state index is 0.0291. The molecule has 0 unspecified atom stereocenters. The van der Waals surface area contributed by atoms with Crippen LogP contribution < -0.4 is 5.73 Å². The van der Waals surface area contributed by atoms with E-state index in [0.717, 1.165) is 6.07 Å². The molecule has 0 atom stereocenters. The van der Waals surface area contributed by atoms with Crippen molar-refractivity contribution in [2.24, 2.45) is 5.73 Å². The molecule has 0 aliphatic carbocycles. The highest BCUT2D eigenvalue weighted by Crippen LogP contribution is 2.37. The molecule has 3 heterocycles. The summed E-state index contributed by atoms with van der Waals surface area (Å²) in [6, 6.07) is 10.0. The van der Waals surface area contributed by atoms with Crippen LogP contribution in [0.5, 0.6) is 0 Å². The Kier molecular flexibility index (Phi) is 3.72. The molecule has 3 aromatic heterocycles. The third kappa shape index (κ3) is 2.92. The predicted molar refractivity (Wildman–Crippen MR) is 92.2 cm³/mol. The number of aromatic nitrogens is 4. The zero-order valence-electron chi connectivity index (χ0n) is 13.7. The Morgan fingerprint density at radius 3 is 2.67 bits per heavy atom. The van der Waals surface area contributed by atoms with Crippen LogP contribution in [0.3, 0.4) is 0 Å². The molecule has 4 aromatic rings. The maximum Gasteiger partial charge on any atom is 0.417 e. The van der Waals surface area contributed by atoms with Gasteiger partial charge in [0.15, 0.2) is 0 Å². The van der Waals surface area contributed by atoms with Gasteiger partial charge in [-0.25, -0.2) is 9.67 Å². The molecular weight excluding hydrogens is 359 g/mol. The number of primary amides is 1. The zero-order chi connectivity index (χ0) is 19.2. The molecule has 1 amide bonds. The quantitative estimate of drug-likeness (QED) is 0.577. The molecule has 0 aliphatic rings. The second-order valence-corrected chi connectivity index (χ2v) is 5.85. The number of rotatable bonds is 3. The van der Waals surface area contributed by atoms with Gasteiger partial charge in [0, 0.05) is 16.6 Å². The van der Waals surface area contributed by atoms with Crippen molar-refractivity contribution in [2.75, 3.05) is 0 Å². The number of hydrogen-bond donors (Lipinski definition) is 2. The summed E-state index contributed by atoms with van der Waals surface area (Å²) in [6.45, 7) is 0. The summed E-state index contributed by atoms with van der Waals surface area (Å²) in [6.07, 6.45) is -1.60. The van der Waals surface area contributed by atoms with Crippen LogP contribution in [-0.2, 0) is 6.18 Å². The number of carbonyl (C=O) groups excluding carboxylic acids is 1. The van der Waals surface area contributed by atoms with Gasteiger partial charge in [0.2, 0.25) is 0 Å². The number of alkyl halides is 3. The van der Waals surface area contributed by atoms with Gasteiger partial charge < -0.3 is 10.7 Å². The number of halogens is 3. The first-order chi connectivity index (χ1) is 12.8. The molecular formula is C18H12F3N5O. The predicted octanol–water partition coefficient (Wildman–Crippen LogP) is 3.53. The van der Waals surface area contributed by atoms with E-state index in [9.17, 15) is 18.0 Å². The number of amides is 1. The summed E-state index contributed by atoms with van der Waals surface area (Å²) >= 11 is 0. The van der Waals surface area contributed by atoms with Crippen molar-refractivity contribution in [1.82, 2.24) is 19.7 Å². The van der Waals surface area contributed by atoms with Crippen LogP contribution in [-0.4, -0.2) is 25.7 Å². The van der Waals surface area contributed by atoms with Crippen LogP contribution in [0.1, 0.15) is 16.1 Å². The first-order valence-corrected chi connectivity index (χ1v) is 7.84. The lowest BCUT2D eigenvalue weighted by Crippen LogP contribution is -2.16. The van der Waals surface area contributed by atoms with E-state index in [0.29, 0.717) is 16.7 Å². The number of fused-ring (bicyclic) bond motifs is 1. The van der Waals surface area contributed by atoms with Crippen LogP contribution in [0, 0.1) is 0 Å². The van der Waals surface area contributed by atoms with Gasteiger partial charge in [-0.05, 0) is 24.3 Å². The maximum absolute atomic E-state index is 13.3. The molecule has 0 saturated carbocycles. The fourth-order valence-electron chi connectivity index (χ4n) is 2.93. The number of nitrogens with zero attached hydrogens (tertiary/aromatic N) is 3. The van der Waals surface area contributed by atoms with Crippen molar-refractivity contribution >= 4 is 16.9 Å². The minimum atomic E-state index is -4.47. The van der Waals surface area contributed by atoms with Crippen molar-refractivity contribution in [2.45, 2.75) is 6.18 Å². The summed E-state index contributed by atoms with van der Waals surface area (Å²) in [5.41, 5.74) is 5.96. The van der Waals surface area contributed by atoms with Crippen molar-refractivity contribution in [1.29, 1.82) is 0 Å². The third-order valence-corrected chi connectivity index (χ3v) is 4.12. The third-order valence-electron chi connectivity index (χ3n) is 4.12. The summed E-state index contributed by atoms with van der Waals surface area (Å²) in [4.78, 5) is 18.6. The number of pyridine rings is 1. The van der Waals surface area contributed by atoms with E-state index < -0.39 is 17.6 Å². The molecule has 136 valence electrons. The van der Waals surface area contributed by atoms with Gasteiger partial charge in [0.25, 0.3) is 5.91 Å². The number of aromatic amines is 1. The summed E-state index contributed by atoms with van der Waals surface area (Å²) in [7, 11) is 0. The lowest BCUT2D eigenvalue weighted by molar-refractivity contribution is -0.137. The van der Waals surface area contributed by atoms with Gasteiger partial charge in [-0.15, -0.1) is 0 Å². The van der Waals surface area contributed by atoms with Gasteiger partial charge in [0.1, 0.15) is 11.3 Å². The van der Waals surface area contributed by atoms with Gasteiger partial charge in [-0.2, -0.15) is 18.3 Å². The number of nitrogens with two attached hydrogens (primary N) is 1. The SMILES string of the molecule is NC(=O)c1ccnn1-c1cnc2[nH]c(-c3ccccc3C(F)(F)F)cc2c1. The smallest absolute Gasteiger partial charge is 0.364 e. The Morgan fingerprint density at radius 1 is 1.15 bits per heavy atom. The van der Waals surface area contributed by atoms with E-state index in [1.165, 1.54) is 41.3 Å². The summed E-state index contributed by atoms with van der Waals surface area (Å²) in [5, 5.41) is 4.62. The zero-order valence-corrected chi connectivity index (χ0v) is 13.7. The Hall–Kier alpha value is -3.62. The van der Waals surface area contributed by atoms with Gasteiger partial charge in [-0.1, -0.05) is 18.2 Å². The van der Waals surface area contributed by atoms with Crippen molar-refractivity contribution in [3.05, 3.63) is 66.1 Å². The van der Waals surface area contributed by atoms with Crippen LogP contribution in [0.15, 0.2) is 54.9 Å². The van der Waals surface area contributed by atoms with Crippen LogP contribution >= 0.6 is 0 Å². The lowest BCUT2D eigenvalue weighted by Gasteiger charge is -2.11. The molecule has 9 heteroatoms. The second kappa shape index (κ2) is 5.97. The number of hydrogen-bond acceptors (Lipinski definition) is 3. The Labute approximate surface area is 150 Å². The molecule has 3 N–H and O–H groups in total. The summed E-state index contributed by atoms with van der Waals surface area (Å²) in [5.74, 6) is -0.651. The average Bonchev–Trinajstić information content (AvgIpc) is 3.27. The van der Waals surface area contributed by atoms with Crippen molar-refractivity contribution in [3.8, 4) is 16.9 Å². The first kappa shape index (κ1) is 16.8. The van der Waals surface area contributed by atoms with Gasteiger partial charge in [-0.3, -0.25) is 4.79 Å². The molecule has 27 heavy (non-hydrogen) atoms. The Balaban J connectivity index is 1.83. The van der Waals surface area contributed by atoms with E-state index in [-0.39, 0.29) is 17.0 Å². The molecule has 1 aromatic carbocycles. The molecule has 0 bridgehead atoms. The highest BCUT2D eigenvalue weighted by atomic mass is 19.4. The average molecular weight is 371 g/mol. The number of H-pyrrole nitrogens is 1. The largest absolute Gasteiger partial charge is 0.417 e. The van der Waals surface area contributed by atoms with Gasteiger partial charge in [0.05, 0.1) is 23.6 Å². The molecule has 0 saturated heterocycles. The highest BCUT2D eigenvalue weighted by Gasteiger charge is 2.33. The molecule has 0 radical (unpaired) electrons. The minimum Gasteiger partial charge on any atom is -0.364 e. The van der Waals surface area contributed by atoms with Crippen LogP contribution in [0.25, 0.3) is 28.0 Å².